The van der Waals surface area contributed by atoms with Crippen LogP contribution < -0.4 is 24.8 Å². The highest BCUT2D eigenvalue weighted by Crippen LogP contribution is 2.47. The fourth-order valence-electron chi connectivity index (χ4n) is 9.06. The number of nitrogens with zero attached hydrogens (tertiary/aromatic N) is 3. The Morgan fingerprint density at radius 1 is 1.08 bits per heavy atom. The summed E-state index contributed by atoms with van der Waals surface area (Å²) in [5, 5.41) is 6.59. The summed E-state index contributed by atoms with van der Waals surface area (Å²) in [5.74, 6) is -1.15. The van der Waals surface area contributed by atoms with Gasteiger partial charge in [0.25, 0.3) is 5.91 Å². The van der Waals surface area contributed by atoms with Crippen LogP contribution in [0.5, 0.6) is 11.6 Å². The van der Waals surface area contributed by atoms with Crippen LogP contribution in [0.25, 0.3) is 10.9 Å². The largest absolute Gasteiger partial charge is 0.492 e. The van der Waals surface area contributed by atoms with E-state index < -0.39 is 73.6 Å². The fourth-order valence-corrected chi connectivity index (χ4v) is 10.4. The van der Waals surface area contributed by atoms with Gasteiger partial charge in [0.15, 0.2) is 0 Å². The van der Waals surface area contributed by atoms with E-state index in [1.807, 2.05) is 45.0 Å². The van der Waals surface area contributed by atoms with E-state index >= 15 is 0 Å². The van der Waals surface area contributed by atoms with Crippen molar-refractivity contribution in [2.45, 2.75) is 139 Å². The van der Waals surface area contributed by atoms with Crippen molar-refractivity contribution in [3.63, 3.8) is 0 Å². The summed E-state index contributed by atoms with van der Waals surface area (Å²) in [6.45, 7) is 14.6. The van der Waals surface area contributed by atoms with Gasteiger partial charge in [-0.15, -0.1) is 6.58 Å². The first-order valence-electron chi connectivity index (χ1n) is 22.2. The summed E-state index contributed by atoms with van der Waals surface area (Å²) in [5.41, 5.74) is -0.829. The molecule has 332 valence electrons. The van der Waals surface area contributed by atoms with Gasteiger partial charge >= 0.3 is 6.09 Å². The average molecular weight is 863 g/mol. The maximum absolute atomic E-state index is 14.8. The van der Waals surface area contributed by atoms with Crippen LogP contribution in [0.4, 0.5) is 4.79 Å². The molecular formula is C45H62N6O9S. The van der Waals surface area contributed by atoms with Gasteiger partial charge in [0, 0.05) is 24.3 Å². The number of pyridine rings is 1. The first kappa shape index (κ1) is 43.2. The number of carbonyl (C=O) groups is 4. The van der Waals surface area contributed by atoms with E-state index in [2.05, 4.69) is 26.8 Å². The van der Waals surface area contributed by atoms with Crippen LogP contribution in [0, 0.1) is 17.3 Å². The molecule has 3 N–H and O–H groups in total. The van der Waals surface area contributed by atoms with Crippen LogP contribution in [0.3, 0.4) is 0 Å². The minimum atomic E-state index is -4.01. The molecule has 61 heavy (non-hydrogen) atoms. The second-order valence-electron chi connectivity index (χ2n) is 19.5. The Balaban J connectivity index is 1.12. The molecule has 15 nitrogen and oxygen atoms in total. The minimum Gasteiger partial charge on any atom is -0.492 e. The molecule has 3 saturated carbocycles. The van der Waals surface area contributed by atoms with Gasteiger partial charge in [-0.05, 0) is 101 Å². The highest BCUT2D eigenvalue weighted by Gasteiger charge is 2.63. The van der Waals surface area contributed by atoms with Gasteiger partial charge in [0.1, 0.15) is 35.6 Å². The molecule has 5 fully saturated rings. The third-order valence-corrected chi connectivity index (χ3v) is 15.9. The Labute approximate surface area is 359 Å². The van der Waals surface area contributed by atoms with Crippen LogP contribution in [0.1, 0.15) is 104 Å². The summed E-state index contributed by atoms with van der Waals surface area (Å²) < 4.78 is 46.8. The zero-order valence-corrected chi connectivity index (χ0v) is 36.8. The van der Waals surface area contributed by atoms with E-state index in [9.17, 15) is 27.6 Å². The van der Waals surface area contributed by atoms with E-state index in [0.29, 0.717) is 37.3 Å². The highest BCUT2D eigenvalue weighted by atomic mass is 32.2. The lowest BCUT2D eigenvalue weighted by Crippen LogP contribution is -2.60. The number of rotatable bonds is 11. The molecule has 2 aromatic rings. The quantitative estimate of drug-likeness (QED) is 0.209. The number of alkyl carbamates (subject to hydrolysis) is 1. The molecule has 1 aromatic carbocycles. The molecule has 1 aromatic heterocycles. The molecular weight excluding hydrogens is 801 g/mol. The average Bonchev–Trinajstić information content (AvgIpc) is 4.15. The smallest absolute Gasteiger partial charge is 0.408 e. The van der Waals surface area contributed by atoms with Crippen molar-refractivity contribution in [1.29, 1.82) is 0 Å². The van der Waals surface area contributed by atoms with E-state index in [1.54, 1.807) is 6.92 Å². The van der Waals surface area contributed by atoms with Crippen molar-refractivity contribution >= 4 is 44.7 Å². The molecule has 0 radical (unpaired) electrons. The number of hydrogen-bond donors (Lipinski definition) is 3. The van der Waals surface area contributed by atoms with Crippen molar-refractivity contribution in [1.82, 2.24) is 30.1 Å². The normalized spacial score (nSPS) is 30.1. The summed E-state index contributed by atoms with van der Waals surface area (Å²) >= 11 is 0. The maximum Gasteiger partial charge on any atom is 0.408 e. The third kappa shape index (κ3) is 9.07. The topological polar surface area (TPSA) is 186 Å². The van der Waals surface area contributed by atoms with Gasteiger partial charge in [-0.3, -0.25) is 19.1 Å². The number of ether oxygens (including phenoxy) is 3. The van der Waals surface area contributed by atoms with E-state index in [-0.39, 0.29) is 31.4 Å². The van der Waals surface area contributed by atoms with Crippen LogP contribution in [-0.4, -0.2) is 114 Å². The maximum atomic E-state index is 14.8. The van der Waals surface area contributed by atoms with Crippen LogP contribution in [0.2, 0.25) is 0 Å². The van der Waals surface area contributed by atoms with E-state index in [4.69, 9.17) is 19.2 Å². The Morgan fingerprint density at radius 3 is 2.54 bits per heavy atom. The number of nitrogens with one attached hydrogen (secondary N) is 3. The van der Waals surface area contributed by atoms with E-state index in [0.717, 1.165) is 74.9 Å². The van der Waals surface area contributed by atoms with Gasteiger partial charge in [-0.2, -0.15) is 0 Å². The van der Waals surface area contributed by atoms with Gasteiger partial charge in [-0.1, -0.05) is 51.8 Å². The summed E-state index contributed by atoms with van der Waals surface area (Å²) in [7, 11) is -4.01. The Kier molecular flexibility index (Phi) is 11.8. The molecule has 3 aliphatic heterocycles. The van der Waals surface area contributed by atoms with Crippen LogP contribution in [0.15, 0.2) is 36.9 Å². The number of likely N-dealkylation sites (tertiary alicyclic amines) is 1. The SMILES string of the molecule is C=C[C@@H]1C[C@]1(NC(=O)[C@@H]1C[C@@H]2CN1C(=O)[C@H](C(C)(C)C)NC(=O)O[C@@H]1C[C@H]1CCCCCc1c(nc3ccccc3c1OCCCN1CCC1)O2)C(=O)NS(=O)(=O)C1(C)CC1. The standard InChI is InChI=1S/C45H62N6O9S/c1-6-29-26-45(29,41(54)49-61(56,57)44(5)18-19-44)48-38(52)34-25-30-27-51(34)40(53)37(43(2,3)4)47-42(55)60-35-24-28(35)14-8-7-9-16-32-36(58-23-13-22-50-20-12-21-50)31-15-10-11-17-33(31)46-39(32)59-30/h6,10-11,15,17,28-30,34-35,37H,1,7-9,12-14,16,18-27H2,2-5H3,(H,47,55)(H,48,52)(H,49,54)/t28-,29-,30-,34+,35-,37-,45-/m1/s1. The number of carbonyl (C=O) groups excluding carboxylic acids is 4. The molecule has 16 heteroatoms. The van der Waals surface area contributed by atoms with Gasteiger partial charge in [-0.25, -0.2) is 18.2 Å². The molecule has 0 unspecified atom stereocenters. The van der Waals surface area contributed by atoms with Gasteiger partial charge in [0.05, 0.1) is 29.0 Å². The molecule has 2 saturated heterocycles. The zero-order valence-electron chi connectivity index (χ0n) is 36.0. The number of benzene rings is 1. The number of aromatic nitrogens is 1. The van der Waals surface area contributed by atoms with Crippen LogP contribution in [-0.2, 0) is 35.6 Å². The lowest BCUT2D eigenvalue weighted by atomic mass is 9.85. The lowest BCUT2D eigenvalue weighted by molar-refractivity contribution is -0.142. The molecule has 6 aliphatic rings. The Bertz CT molecular complexity index is 2170. The summed E-state index contributed by atoms with van der Waals surface area (Å²) in [6, 6.07) is 5.59. The summed E-state index contributed by atoms with van der Waals surface area (Å²) in [4.78, 5) is 65.5. The number of fused-ring (bicyclic) bond motifs is 5. The second kappa shape index (κ2) is 16.7. The minimum absolute atomic E-state index is 0.0261. The van der Waals surface area contributed by atoms with Crippen molar-refractivity contribution in [3.8, 4) is 11.6 Å². The van der Waals surface area contributed by atoms with Crippen molar-refractivity contribution in [2.24, 2.45) is 17.3 Å². The predicted octanol–water partition coefficient (Wildman–Crippen LogP) is 4.76. The van der Waals surface area contributed by atoms with Gasteiger partial charge < -0.3 is 34.6 Å². The van der Waals surface area contributed by atoms with Crippen LogP contribution >= 0.6 is 0 Å². The summed E-state index contributed by atoms with van der Waals surface area (Å²) in [6.07, 6.45) is 8.09. The van der Waals surface area contributed by atoms with E-state index in [1.165, 1.54) is 17.4 Å². The molecule has 2 bridgehead atoms. The lowest BCUT2D eigenvalue weighted by Gasteiger charge is -2.35. The number of amides is 4. The zero-order chi connectivity index (χ0) is 43.3. The first-order chi connectivity index (χ1) is 29.0. The van der Waals surface area contributed by atoms with Crippen molar-refractivity contribution in [3.05, 3.63) is 42.5 Å². The first-order valence-corrected chi connectivity index (χ1v) is 23.7. The fraction of sp³-hybridized carbons (Fsp3) is 0.667. The Hall–Kier alpha value is -4.44. The Morgan fingerprint density at radius 2 is 1.85 bits per heavy atom. The third-order valence-electron chi connectivity index (χ3n) is 13.7. The van der Waals surface area contributed by atoms with Gasteiger partial charge in [0.2, 0.25) is 27.7 Å². The van der Waals surface area contributed by atoms with Crippen molar-refractivity contribution in [2.75, 3.05) is 32.8 Å². The molecule has 8 rings (SSSR count). The number of para-hydroxylation sites is 1. The molecule has 4 amide bonds. The molecule has 7 atom stereocenters. The number of sulfonamides is 1. The second-order valence-corrected chi connectivity index (χ2v) is 21.7. The predicted molar refractivity (Wildman–Crippen MR) is 228 cm³/mol. The van der Waals surface area contributed by atoms with Crippen molar-refractivity contribution < 1.29 is 41.8 Å². The molecule has 0 spiro atoms. The highest BCUT2D eigenvalue weighted by molar-refractivity contribution is 7.91. The molecule has 3 aliphatic carbocycles. The monoisotopic (exact) mass is 862 g/mol. The number of hydrogen-bond acceptors (Lipinski definition) is 11. The molecule has 4 heterocycles.